The van der Waals surface area contributed by atoms with Crippen LogP contribution in [-0.2, 0) is 0 Å². The standard InChI is InChI=1S/C6H9F3N2O/c7-6(8,9)2-1-4-3-10-5(12)11-4/h4H,1-3H2,(H2,10,11,12). The van der Waals surface area contributed by atoms with Gasteiger partial charge in [-0.15, -0.1) is 0 Å². The molecule has 6 heteroatoms. The zero-order chi connectivity index (χ0) is 9.19. The third-order valence-electron chi connectivity index (χ3n) is 1.62. The summed E-state index contributed by atoms with van der Waals surface area (Å²) in [5.41, 5.74) is 0. The average Bonchev–Trinajstić information content (AvgIpc) is 2.30. The number of amides is 2. The van der Waals surface area contributed by atoms with Crippen molar-refractivity contribution in [3.05, 3.63) is 0 Å². The summed E-state index contributed by atoms with van der Waals surface area (Å²) in [6.45, 7) is 0.287. The molecule has 1 saturated heterocycles. The van der Waals surface area contributed by atoms with E-state index in [1.807, 2.05) is 0 Å². The van der Waals surface area contributed by atoms with Crippen molar-refractivity contribution >= 4 is 6.03 Å². The van der Waals surface area contributed by atoms with Gasteiger partial charge in [-0.05, 0) is 6.42 Å². The van der Waals surface area contributed by atoms with Crippen molar-refractivity contribution in [1.82, 2.24) is 10.6 Å². The first-order chi connectivity index (χ1) is 5.47. The molecule has 1 fully saturated rings. The topological polar surface area (TPSA) is 41.1 Å². The fourth-order valence-electron chi connectivity index (χ4n) is 1.02. The Labute approximate surface area is 67.3 Å². The molecule has 0 spiro atoms. The molecule has 12 heavy (non-hydrogen) atoms. The van der Waals surface area contributed by atoms with Crippen molar-refractivity contribution in [2.24, 2.45) is 0 Å². The van der Waals surface area contributed by atoms with Crippen LogP contribution in [0.4, 0.5) is 18.0 Å². The van der Waals surface area contributed by atoms with Gasteiger partial charge in [0.1, 0.15) is 0 Å². The highest BCUT2D eigenvalue weighted by molar-refractivity contribution is 5.76. The lowest BCUT2D eigenvalue weighted by Gasteiger charge is -2.09. The molecule has 0 aromatic rings. The summed E-state index contributed by atoms with van der Waals surface area (Å²) in [6, 6.07) is -0.763. The predicted octanol–water partition coefficient (Wildman–Crippen LogP) is 1.01. The molecule has 0 saturated carbocycles. The molecule has 0 bridgehead atoms. The number of hydrogen-bond donors (Lipinski definition) is 2. The van der Waals surface area contributed by atoms with E-state index in [9.17, 15) is 18.0 Å². The van der Waals surface area contributed by atoms with Crippen LogP contribution in [0.2, 0.25) is 0 Å². The maximum Gasteiger partial charge on any atom is 0.389 e. The van der Waals surface area contributed by atoms with Crippen molar-refractivity contribution < 1.29 is 18.0 Å². The first-order valence-electron chi connectivity index (χ1n) is 3.58. The van der Waals surface area contributed by atoms with Crippen LogP contribution in [0.25, 0.3) is 0 Å². The molecule has 2 amide bonds. The molecule has 1 unspecified atom stereocenters. The van der Waals surface area contributed by atoms with Gasteiger partial charge in [0.2, 0.25) is 0 Å². The van der Waals surface area contributed by atoms with Gasteiger partial charge in [-0.3, -0.25) is 0 Å². The van der Waals surface area contributed by atoms with E-state index in [2.05, 4.69) is 10.6 Å². The summed E-state index contributed by atoms with van der Waals surface area (Å²) < 4.78 is 35.0. The van der Waals surface area contributed by atoms with E-state index in [-0.39, 0.29) is 25.0 Å². The van der Waals surface area contributed by atoms with Crippen molar-refractivity contribution in [3.8, 4) is 0 Å². The van der Waals surface area contributed by atoms with E-state index in [1.165, 1.54) is 0 Å². The molecule has 1 heterocycles. The van der Waals surface area contributed by atoms with Gasteiger partial charge >= 0.3 is 12.2 Å². The van der Waals surface area contributed by atoms with Crippen LogP contribution in [-0.4, -0.2) is 24.8 Å². The Bertz CT molecular complexity index is 180. The summed E-state index contributed by atoms with van der Waals surface area (Å²) in [6.07, 6.45) is -5.03. The summed E-state index contributed by atoms with van der Waals surface area (Å²) in [7, 11) is 0. The lowest BCUT2D eigenvalue weighted by atomic mass is 10.2. The summed E-state index contributed by atoms with van der Waals surface area (Å²) in [5, 5.41) is 4.76. The minimum Gasteiger partial charge on any atom is -0.336 e. The van der Waals surface area contributed by atoms with Crippen molar-refractivity contribution in [2.75, 3.05) is 6.54 Å². The summed E-state index contributed by atoms with van der Waals surface area (Å²) >= 11 is 0. The van der Waals surface area contributed by atoms with E-state index >= 15 is 0 Å². The third kappa shape index (κ3) is 2.98. The van der Waals surface area contributed by atoms with Crippen LogP contribution >= 0.6 is 0 Å². The zero-order valence-corrected chi connectivity index (χ0v) is 6.24. The van der Waals surface area contributed by atoms with Crippen LogP contribution in [0.3, 0.4) is 0 Å². The molecule has 1 atom stereocenters. The first kappa shape index (κ1) is 9.15. The van der Waals surface area contributed by atoms with E-state index in [4.69, 9.17) is 0 Å². The molecule has 1 aliphatic heterocycles. The van der Waals surface area contributed by atoms with E-state index in [0.717, 1.165) is 0 Å². The van der Waals surface area contributed by atoms with Crippen LogP contribution in [0.5, 0.6) is 0 Å². The fraction of sp³-hybridized carbons (Fsp3) is 0.833. The number of carbonyl (C=O) groups excluding carboxylic acids is 1. The maximum absolute atomic E-state index is 11.7. The Morgan fingerprint density at radius 1 is 1.50 bits per heavy atom. The second kappa shape index (κ2) is 3.20. The van der Waals surface area contributed by atoms with Gasteiger partial charge in [-0.25, -0.2) is 4.79 Å². The Balaban J connectivity index is 2.20. The number of urea groups is 1. The number of carbonyl (C=O) groups is 1. The number of alkyl halides is 3. The van der Waals surface area contributed by atoms with Gasteiger partial charge in [0, 0.05) is 19.0 Å². The summed E-state index contributed by atoms with van der Waals surface area (Å²) in [5.74, 6) is 0. The van der Waals surface area contributed by atoms with Crippen LogP contribution < -0.4 is 10.6 Å². The van der Waals surface area contributed by atoms with Crippen molar-refractivity contribution in [3.63, 3.8) is 0 Å². The van der Waals surface area contributed by atoms with E-state index in [0.29, 0.717) is 0 Å². The Morgan fingerprint density at radius 3 is 2.58 bits per heavy atom. The monoisotopic (exact) mass is 182 g/mol. The lowest BCUT2D eigenvalue weighted by molar-refractivity contribution is -0.136. The highest BCUT2D eigenvalue weighted by Crippen LogP contribution is 2.22. The molecule has 0 aliphatic carbocycles. The molecule has 1 rings (SSSR count). The predicted molar refractivity (Wildman–Crippen MR) is 35.6 cm³/mol. The molecule has 70 valence electrons. The second-order valence-corrected chi connectivity index (χ2v) is 2.71. The Kier molecular flexibility index (Phi) is 2.44. The molecular formula is C6H9F3N2O. The Hall–Kier alpha value is -0.940. The first-order valence-corrected chi connectivity index (χ1v) is 3.58. The SMILES string of the molecule is O=C1NCC(CCC(F)(F)F)N1. The highest BCUT2D eigenvalue weighted by Gasteiger charge is 2.30. The number of halogens is 3. The fourth-order valence-corrected chi connectivity index (χ4v) is 1.02. The van der Waals surface area contributed by atoms with Gasteiger partial charge in [-0.2, -0.15) is 13.2 Å². The average molecular weight is 182 g/mol. The van der Waals surface area contributed by atoms with Gasteiger partial charge in [-0.1, -0.05) is 0 Å². The number of nitrogens with one attached hydrogen (secondary N) is 2. The molecular weight excluding hydrogens is 173 g/mol. The number of rotatable bonds is 2. The third-order valence-corrected chi connectivity index (χ3v) is 1.62. The lowest BCUT2D eigenvalue weighted by Crippen LogP contribution is -2.28. The second-order valence-electron chi connectivity index (χ2n) is 2.71. The molecule has 0 radical (unpaired) electrons. The van der Waals surface area contributed by atoms with Crippen molar-refractivity contribution in [1.29, 1.82) is 0 Å². The Morgan fingerprint density at radius 2 is 2.17 bits per heavy atom. The largest absolute Gasteiger partial charge is 0.389 e. The normalized spacial score (nSPS) is 23.6. The minimum absolute atomic E-state index is 0.0533. The smallest absolute Gasteiger partial charge is 0.336 e. The van der Waals surface area contributed by atoms with Crippen LogP contribution in [0.15, 0.2) is 0 Å². The van der Waals surface area contributed by atoms with E-state index in [1.54, 1.807) is 0 Å². The van der Waals surface area contributed by atoms with Gasteiger partial charge in [0.25, 0.3) is 0 Å². The minimum atomic E-state index is -4.13. The van der Waals surface area contributed by atoms with E-state index < -0.39 is 12.6 Å². The molecule has 2 N–H and O–H groups in total. The summed E-state index contributed by atoms with van der Waals surface area (Å²) in [4.78, 5) is 10.5. The maximum atomic E-state index is 11.7. The van der Waals surface area contributed by atoms with Gasteiger partial charge in [0.15, 0.2) is 0 Å². The molecule has 3 nitrogen and oxygen atoms in total. The van der Waals surface area contributed by atoms with Gasteiger partial charge < -0.3 is 10.6 Å². The highest BCUT2D eigenvalue weighted by atomic mass is 19.4. The zero-order valence-electron chi connectivity index (χ0n) is 6.24. The number of hydrogen-bond acceptors (Lipinski definition) is 1. The quantitative estimate of drug-likeness (QED) is 0.657. The molecule has 1 aliphatic rings. The van der Waals surface area contributed by atoms with Crippen LogP contribution in [0, 0.1) is 0 Å². The molecule has 0 aromatic carbocycles. The van der Waals surface area contributed by atoms with Crippen LogP contribution in [0.1, 0.15) is 12.8 Å². The van der Waals surface area contributed by atoms with Gasteiger partial charge in [0.05, 0.1) is 0 Å². The molecule has 0 aromatic heterocycles. The van der Waals surface area contributed by atoms with Crippen molar-refractivity contribution in [2.45, 2.75) is 25.1 Å².